The molecule has 0 radical (unpaired) electrons. The first kappa shape index (κ1) is 11.4. The third-order valence-electron chi connectivity index (χ3n) is 2.48. The Hall–Kier alpha value is -2.06. The van der Waals surface area contributed by atoms with E-state index in [4.69, 9.17) is 11.0 Å². The summed E-state index contributed by atoms with van der Waals surface area (Å²) in [5, 5.41) is 10.9. The van der Waals surface area contributed by atoms with Gasteiger partial charge in [0.1, 0.15) is 6.07 Å². The van der Waals surface area contributed by atoms with E-state index >= 15 is 0 Å². The molecule has 2 rings (SSSR count). The van der Waals surface area contributed by atoms with Crippen molar-refractivity contribution >= 4 is 22.7 Å². The normalized spacial score (nSPS) is 9.88. The van der Waals surface area contributed by atoms with Crippen molar-refractivity contribution in [2.45, 2.75) is 6.54 Å². The lowest BCUT2D eigenvalue weighted by molar-refractivity contribution is 0.895. The third-order valence-corrected chi connectivity index (χ3v) is 3.12. The average molecular weight is 244 g/mol. The molecule has 0 spiro atoms. The quantitative estimate of drug-likeness (QED) is 0.841. The predicted octanol–water partition coefficient (Wildman–Crippen LogP) is 2.23. The Morgan fingerprint density at radius 3 is 3.00 bits per heavy atom. The maximum Gasteiger partial charge on any atom is 0.101 e. The molecule has 0 fully saturated rings. The molecule has 0 saturated carbocycles. The number of nitriles is 1. The molecule has 0 atom stereocenters. The van der Waals surface area contributed by atoms with Crippen molar-refractivity contribution < 1.29 is 0 Å². The molecule has 0 saturated heterocycles. The van der Waals surface area contributed by atoms with Crippen molar-refractivity contribution in [1.29, 1.82) is 5.26 Å². The van der Waals surface area contributed by atoms with E-state index in [9.17, 15) is 0 Å². The first-order chi connectivity index (χ1) is 8.20. The molecule has 1 aromatic heterocycles. The molecular weight excluding hydrogens is 232 g/mol. The van der Waals surface area contributed by atoms with Gasteiger partial charge < -0.3 is 10.6 Å². The highest BCUT2D eigenvalue weighted by molar-refractivity contribution is 7.07. The van der Waals surface area contributed by atoms with Crippen LogP contribution in [0.25, 0.3) is 0 Å². The van der Waals surface area contributed by atoms with Gasteiger partial charge in [0.15, 0.2) is 0 Å². The molecule has 17 heavy (non-hydrogen) atoms. The van der Waals surface area contributed by atoms with Crippen LogP contribution in [-0.4, -0.2) is 12.0 Å². The van der Waals surface area contributed by atoms with Gasteiger partial charge in [0, 0.05) is 23.8 Å². The Morgan fingerprint density at radius 2 is 2.35 bits per heavy atom. The van der Waals surface area contributed by atoms with Crippen LogP contribution in [0.15, 0.2) is 29.1 Å². The van der Waals surface area contributed by atoms with Gasteiger partial charge in [-0.15, -0.1) is 11.3 Å². The van der Waals surface area contributed by atoms with Crippen molar-refractivity contribution in [2.75, 3.05) is 17.7 Å². The molecule has 2 aromatic rings. The van der Waals surface area contributed by atoms with Crippen molar-refractivity contribution in [2.24, 2.45) is 0 Å². The van der Waals surface area contributed by atoms with Crippen molar-refractivity contribution in [3.63, 3.8) is 0 Å². The van der Waals surface area contributed by atoms with Gasteiger partial charge in [0.05, 0.1) is 23.3 Å². The van der Waals surface area contributed by atoms with Gasteiger partial charge in [-0.05, 0) is 18.2 Å². The first-order valence-electron chi connectivity index (χ1n) is 5.08. The Kier molecular flexibility index (Phi) is 3.26. The lowest BCUT2D eigenvalue weighted by Crippen LogP contribution is -2.16. The van der Waals surface area contributed by atoms with E-state index in [0.29, 0.717) is 11.3 Å². The highest BCUT2D eigenvalue weighted by atomic mass is 32.1. The number of rotatable bonds is 3. The summed E-state index contributed by atoms with van der Waals surface area (Å²) < 4.78 is 0. The molecule has 0 aliphatic rings. The SMILES string of the molecule is CN(Cc1cscn1)c1ccc(N)c(C#N)c1. The number of nitrogen functional groups attached to an aromatic ring is 1. The number of nitrogens with two attached hydrogens (primary N) is 1. The zero-order chi connectivity index (χ0) is 12.3. The number of anilines is 2. The molecule has 0 bridgehead atoms. The number of aromatic nitrogens is 1. The molecule has 0 unspecified atom stereocenters. The summed E-state index contributed by atoms with van der Waals surface area (Å²) in [5.74, 6) is 0. The highest BCUT2D eigenvalue weighted by Gasteiger charge is 2.06. The van der Waals surface area contributed by atoms with Gasteiger partial charge in [-0.25, -0.2) is 4.98 Å². The lowest BCUT2D eigenvalue weighted by Gasteiger charge is -2.18. The van der Waals surface area contributed by atoms with E-state index in [1.165, 1.54) is 0 Å². The number of hydrogen-bond donors (Lipinski definition) is 1. The molecule has 5 heteroatoms. The molecule has 1 aromatic carbocycles. The van der Waals surface area contributed by atoms with Gasteiger partial charge in [-0.3, -0.25) is 0 Å². The fourth-order valence-electron chi connectivity index (χ4n) is 1.53. The molecule has 1 heterocycles. The number of hydrogen-bond acceptors (Lipinski definition) is 5. The van der Waals surface area contributed by atoms with Gasteiger partial charge in [0.2, 0.25) is 0 Å². The monoisotopic (exact) mass is 244 g/mol. The highest BCUT2D eigenvalue weighted by Crippen LogP contribution is 2.21. The summed E-state index contributed by atoms with van der Waals surface area (Å²) in [4.78, 5) is 6.27. The Bertz CT molecular complexity index is 542. The third kappa shape index (κ3) is 2.55. The number of nitrogens with zero attached hydrogens (tertiary/aromatic N) is 3. The van der Waals surface area contributed by atoms with Crippen LogP contribution < -0.4 is 10.6 Å². The summed E-state index contributed by atoms with van der Waals surface area (Å²) in [6, 6.07) is 7.54. The maximum atomic E-state index is 8.92. The largest absolute Gasteiger partial charge is 0.398 e. The minimum Gasteiger partial charge on any atom is -0.398 e. The molecule has 4 nitrogen and oxygen atoms in total. The number of benzene rings is 1. The van der Waals surface area contributed by atoms with Crippen LogP contribution in [0.1, 0.15) is 11.3 Å². The van der Waals surface area contributed by atoms with Crippen LogP contribution in [0.3, 0.4) is 0 Å². The van der Waals surface area contributed by atoms with E-state index < -0.39 is 0 Å². The minimum absolute atomic E-state index is 0.507. The van der Waals surface area contributed by atoms with Gasteiger partial charge in [-0.1, -0.05) is 0 Å². The predicted molar refractivity (Wildman–Crippen MR) is 69.8 cm³/mol. The molecule has 2 N–H and O–H groups in total. The zero-order valence-corrected chi connectivity index (χ0v) is 10.2. The number of thiazole rings is 1. The summed E-state index contributed by atoms with van der Waals surface area (Å²) in [7, 11) is 1.96. The summed E-state index contributed by atoms with van der Waals surface area (Å²) >= 11 is 1.58. The molecule has 86 valence electrons. The van der Waals surface area contributed by atoms with E-state index in [-0.39, 0.29) is 0 Å². The van der Waals surface area contributed by atoms with Gasteiger partial charge >= 0.3 is 0 Å². The second-order valence-corrected chi connectivity index (χ2v) is 4.44. The topological polar surface area (TPSA) is 65.9 Å². The van der Waals surface area contributed by atoms with Crippen LogP contribution in [0, 0.1) is 11.3 Å². The molecular formula is C12H12N4S. The Balaban J connectivity index is 2.20. The van der Waals surface area contributed by atoms with Crippen molar-refractivity contribution in [3.8, 4) is 6.07 Å². The average Bonchev–Trinajstić information content (AvgIpc) is 2.82. The van der Waals surface area contributed by atoms with E-state index in [1.54, 1.807) is 23.5 Å². The van der Waals surface area contributed by atoms with Crippen molar-refractivity contribution in [1.82, 2.24) is 4.98 Å². The van der Waals surface area contributed by atoms with E-state index in [0.717, 1.165) is 17.9 Å². The molecule has 0 aliphatic carbocycles. The summed E-state index contributed by atoms with van der Waals surface area (Å²) in [5.41, 5.74) is 10.5. The molecule has 0 aliphatic heterocycles. The zero-order valence-electron chi connectivity index (χ0n) is 9.42. The van der Waals surface area contributed by atoms with Crippen LogP contribution in [0.2, 0.25) is 0 Å². The fraction of sp³-hybridized carbons (Fsp3) is 0.167. The second-order valence-electron chi connectivity index (χ2n) is 3.72. The van der Waals surface area contributed by atoms with Crippen LogP contribution >= 0.6 is 11.3 Å². The minimum atomic E-state index is 0.507. The maximum absolute atomic E-state index is 8.92. The standard InChI is InChI=1S/C12H12N4S/c1-16(6-10-7-17-8-15-10)11-2-3-12(14)9(4-11)5-13/h2-4,7-8H,6,14H2,1H3. The first-order valence-corrected chi connectivity index (χ1v) is 6.03. The van der Waals surface area contributed by atoms with Crippen LogP contribution in [0.5, 0.6) is 0 Å². The van der Waals surface area contributed by atoms with E-state index in [2.05, 4.69) is 11.1 Å². The fourth-order valence-corrected chi connectivity index (χ4v) is 2.08. The Morgan fingerprint density at radius 1 is 1.53 bits per heavy atom. The lowest BCUT2D eigenvalue weighted by atomic mass is 10.1. The summed E-state index contributed by atoms with van der Waals surface area (Å²) in [6.45, 7) is 0.721. The van der Waals surface area contributed by atoms with E-state index in [1.807, 2.05) is 28.9 Å². The van der Waals surface area contributed by atoms with Crippen LogP contribution in [-0.2, 0) is 6.54 Å². The van der Waals surface area contributed by atoms with Gasteiger partial charge in [0.25, 0.3) is 0 Å². The van der Waals surface area contributed by atoms with Crippen LogP contribution in [0.4, 0.5) is 11.4 Å². The van der Waals surface area contributed by atoms with Gasteiger partial charge in [-0.2, -0.15) is 5.26 Å². The summed E-state index contributed by atoms with van der Waals surface area (Å²) in [6.07, 6.45) is 0. The van der Waals surface area contributed by atoms with Crippen molar-refractivity contribution in [3.05, 3.63) is 40.3 Å². The second kappa shape index (κ2) is 4.85. The molecule has 0 amide bonds. The smallest absolute Gasteiger partial charge is 0.101 e. The Labute approximate surface area is 104 Å².